The van der Waals surface area contributed by atoms with E-state index < -0.39 is 5.66 Å². The van der Waals surface area contributed by atoms with Crippen LogP contribution in [0.4, 0.5) is 5.69 Å². The van der Waals surface area contributed by atoms with Gasteiger partial charge in [-0.3, -0.25) is 19.3 Å². The van der Waals surface area contributed by atoms with E-state index >= 15 is 0 Å². The molecule has 1 aliphatic carbocycles. The number of benzene rings is 1. The summed E-state index contributed by atoms with van der Waals surface area (Å²) in [4.78, 5) is 41.4. The van der Waals surface area contributed by atoms with Crippen LogP contribution in [0.3, 0.4) is 0 Å². The lowest BCUT2D eigenvalue weighted by Gasteiger charge is -2.48. The van der Waals surface area contributed by atoms with Crippen LogP contribution in [0.5, 0.6) is 0 Å². The summed E-state index contributed by atoms with van der Waals surface area (Å²) in [6.07, 6.45) is 6.78. The molecule has 0 aromatic heterocycles. The average molecular weight is 399 g/mol. The highest BCUT2D eigenvalue weighted by Gasteiger charge is 2.53. The fraction of sp³-hybridized carbons (Fsp3) is 0.591. The Bertz CT molecular complexity index is 805. The minimum atomic E-state index is -0.800. The van der Waals surface area contributed by atoms with E-state index in [-0.39, 0.29) is 24.3 Å². The molecule has 1 aromatic carbocycles. The van der Waals surface area contributed by atoms with Crippen LogP contribution in [0.1, 0.15) is 62.2 Å². The van der Waals surface area contributed by atoms with Crippen LogP contribution in [0, 0.1) is 0 Å². The number of para-hydroxylation sites is 1. The van der Waals surface area contributed by atoms with Crippen molar-refractivity contribution in [2.75, 3.05) is 24.6 Å². The first-order valence-electron chi connectivity index (χ1n) is 10.6. The van der Waals surface area contributed by atoms with Crippen molar-refractivity contribution in [2.24, 2.45) is 0 Å². The molecule has 2 heterocycles. The van der Waals surface area contributed by atoms with Gasteiger partial charge in [0.2, 0.25) is 11.8 Å². The number of nitrogens with zero attached hydrogens (tertiary/aromatic N) is 2. The van der Waals surface area contributed by atoms with Crippen molar-refractivity contribution in [3.05, 3.63) is 29.8 Å². The summed E-state index contributed by atoms with van der Waals surface area (Å²) < 4.78 is 5.82. The molecular weight excluding hydrogens is 370 g/mol. The van der Waals surface area contributed by atoms with Crippen LogP contribution in [-0.2, 0) is 14.3 Å². The fourth-order valence-electron chi connectivity index (χ4n) is 4.75. The molecule has 0 spiro atoms. The van der Waals surface area contributed by atoms with Crippen LogP contribution in [0.25, 0.3) is 0 Å². The zero-order valence-corrected chi connectivity index (χ0v) is 17.0. The lowest BCUT2D eigenvalue weighted by molar-refractivity contribution is -0.124. The predicted octanol–water partition coefficient (Wildman–Crippen LogP) is 2.45. The van der Waals surface area contributed by atoms with Gasteiger partial charge in [0.25, 0.3) is 5.91 Å². The van der Waals surface area contributed by atoms with Crippen LogP contribution in [0.15, 0.2) is 24.3 Å². The predicted molar refractivity (Wildman–Crippen MR) is 108 cm³/mol. The third-order valence-corrected chi connectivity index (χ3v) is 6.35. The molecule has 2 fully saturated rings. The number of amides is 3. The van der Waals surface area contributed by atoms with Crippen LogP contribution < -0.4 is 10.2 Å². The zero-order valence-electron chi connectivity index (χ0n) is 17.0. The van der Waals surface area contributed by atoms with Gasteiger partial charge in [0.1, 0.15) is 12.2 Å². The van der Waals surface area contributed by atoms with Crippen molar-refractivity contribution < 1.29 is 19.1 Å². The molecule has 1 N–H and O–H groups in total. The van der Waals surface area contributed by atoms with Gasteiger partial charge in [-0.15, -0.1) is 0 Å². The van der Waals surface area contributed by atoms with Crippen molar-refractivity contribution in [3.63, 3.8) is 0 Å². The number of fused-ring (bicyclic) bond motifs is 3. The van der Waals surface area contributed by atoms with E-state index in [0.717, 1.165) is 19.3 Å². The summed E-state index contributed by atoms with van der Waals surface area (Å²) >= 11 is 0. The van der Waals surface area contributed by atoms with E-state index in [9.17, 15) is 14.4 Å². The molecule has 1 aromatic rings. The Labute approximate surface area is 171 Å². The van der Waals surface area contributed by atoms with Gasteiger partial charge >= 0.3 is 0 Å². The molecule has 0 bridgehead atoms. The third-order valence-electron chi connectivity index (χ3n) is 6.35. The number of nitrogens with one attached hydrogen (secondary N) is 1. The molecule has 1 unspecified atom stereocenters. The molecular formula is C22H29N3O4. The van der Waals surface area contributed by atoms with E-state index in [1.807, 2.05) is 13.0 Å². The van der Waals surface area contributed by atoms with Crippen molar-refractivity contribution >= 4 is 23.4 Å². The van der Waals surface area contributed by atoms with Crippen LogP contribution in [0.2, 0.25) is 0 Å². The van der Waals surface area contributed by atoms with Crippen molar-refractivity contribution in [2.45, 2.75) is 63.6 Å². The van der Waals surface area contributed by atoms with E-state index in [1.54, 1.807) is 28.0 Å². The summed E-state index contributed by atoms with van der Waals surface area (Å²) in [6, 6.07) is 7.13. The highest BCUT2D eigenvalue weighted by molar-refractivity contribution is 6.11. The highest BCUT2D eigenvalue weighted by atomic mass is 16.5. The molecule has 7 heteroatoms. The lowest BCUT2D eigenvalue weighted by Crippen LogP contribution is -2.63. The van der Waals surface area contributed by atoms with Gasteiger partial charge in [0, 0.05) is 19.6 Å². The second-order valence-corrected chi connectivity index (χ2v) is 8.34. The minimum absolute atomic E-state index is 0.0121. The normalized spacial score (nSPS) is 24.0. The lowest BCUT2D eigenvalue weighted by atomic mass is 9.98. The average Bonchev–Trinajstić information content (AvgIpc) is 3.33. The topological polar surface area (TPSA) is 79.0 Å². The molecule has 29 heavy (non-hydrogen) atoms. The third kappa shape index (κ3) is 3.75. The first kappa shape index (κ1) is 19.9. The van der Waals surface area contributed by atoms with Gasteiger partial charge in [-0.2, -0.15) is 0 Å². The largest absolute Gasteiger partial charge is 0.378 e. The number of carbonyl (C=O) groups excluding carboxylic acids is 3. The number of anilines is 1. The van der Waals surface area contributed by atoms with Crippen LogP contribution in [-0.4, -0.2) is 54.1 Å². The van der Waals surface area contributed by atoms with Crippen molar-refractivity contribution in [3.8, 4) is 0 Å². The van der Waals surface area contributed by atoms with Crippen molar-refractivity contribution in [1.82, 2.24) is 10.2 Å². The van der Waals surface area contributed by atoms with E-state index in [0.29, 0.717) is 43.3 Å². The van der Waals surface area contributed by atoms with Gasteiger partial charge in [0.15, 0.2) is 0 Å². The number of hydrogen-bond acceptors (Lipinski definition) is 4. The Morgan fingerprint density at radius 2 is 2.00 bits per heavy atom. The summed E-state index contributed by atoms with van der Waals surface area (Å²) in [5, 5.41) is 2.89. The van der Waals surface area contributed by atoms with Crippen molar-refractivity contribution in [1.29, 1.82) is 0 Å². The fourth-order valence-corrected chi connectivity index (χ4v) is 4.75. The minimum Gasteiger partial charge on any atom is -0.378 e. The molecule has 3 aliphatic rings. The first-order valence-corrected chi connectivity index (χ1v) is 10.6. The summed E-state index contributed by atoms with van der Waals surface area (Å²) in [6.45, 7) is 2.97. The van der Waals surface area contributed by atoms with Gasteiger partial charge in [-0.1, -0.05) is 25.0 Å². The van der Waals surface area contributed by atoms with E-state index in [4.69, 9.17) is 4.74 Å². The van der Waals surface area contributed by atoms with E-state index in [1.165, 1.54) is 12.8 Å². The molecule has 4 rings (SSSR count). The smallest absolute Gasteiger partial charge is 0.258 e. The zero-order chi connectivity index (χ0) is 20.4. The van der Waals surface area contributed by atoms with Gasteiger partial charge in [-0.25, -0.2) is 0 Å². The Morgan fingerprint density at radius 3 is 2.79 bits per heavy atom. The standard InChI is InChI=1S/C22H29N3O4/c1-22-12-11-20(27)25(22)18-10-5-4-9-17(18)21(28)24(22)15-19(26)23-13-6-14-29-16-7-2-3-8-16/h4-5,9-10,16H,2-3,6-8,11-15H2,1H3,(H,23,26). The molecule has 3 amide bonds. The molecule has 1 saturated heterocycles. The molecule has 2 aliphatic heterocycles. The summed E-state index contributed by atoms with van der Waals surface area (Å²) in [7, 11) is 0. The van der Waals surface area contributed by atoms with Gasteiger partial charge < -0.3 is 15.0 Å². The second-order valence-electron chi connectivity index (χ2n) is 8.34. The first-order chi connectivity index (χ1) is 14.0. The molecule has 156 valence electrons. The number of rotatable bonds is 7. The molecule has 0 radical (unpaired) electrons. The van der Waals surface area contributed by atoms with Gasteiger partial charge in [0.05, 0.1) is 17.4 Å². The molecule has 7 nitrogen and oxygen atoms in total. The highest BCUT2D eigenvalue weighted by Crippen LogP contribution is 2.43. The number of ether oxygens (including phenoxy) is 1. The summed E-state index contributed by atoms with van der Waals surface area (Å²) in [5.41, 5.74) is 0.312. The molecule has 1 saturated carbocycles. The van der Waals surface area contributed by atoms with E-state index in [2.05, 4.69) is 5.32 Å². The Kier molecular flexibility index (Phi) is 5.58. The SMILES string of the molecule is CC12CCC(=O)N1c1ccccc1C(=O)N2CC(=O)NCCCOC1CCCC1. The maximum atomic E-state index is 13.1. The maximum Gasteiger partial charge on any atom is 0.258 e. The quantitative estimate of drug-likeness (QED) is 0.715. The van der Waals surface area contributed by atoms with Crippen LogP contribution >= 0.6 is 0 Å². The molecule has 1 atom stereocenters. The Balaban J connectivity index is 1.37. The Morgan fingerprint density at radius 1 is 1.24 bits per heavy atom. The summed E-state index contributed by atoms with van der Waals surface area (Å²) in [5.74, 6) is -0.421. The second kappa shape index (κ2) is 8.14. The Hall–Kier alpha value is -2.41. The van der Waals surface area contributed by atoms with Gasteiger partial charge in [-0.05, 0) is 44.7 Å². The number of hydrogen-bond donors (Lipinski definition) is 1. The monoisotopic (exact) mass is 399 g/mol. The maximum absolute atomic E-state index is 13.1. The number of carbonyl (C=O) groups is 3.